The fourth-order valence-corrected chi connectivity index (χ4v) is 2.51. The first-order chi connectivity index (χ1) is 12.2. The lowest BCUT2D eigenvalue weighted by molar-refractivity contribution is 0.0846. The summed E-state index contributed by atoms with van der Waals surface area (Å²) in [4.78, 5) is 24.1. The molecule has 2 amide bonds. The van der Waals surface area contributed by atoms with Gasteiger partial charge in [0.2, 0.25) is 10.0 Å². The van der Waals surface area contributed by atoms with Gasteiger partial charge in [-0.05, 0) is 36.4 Å². The molecule has 0 radical (unpaired) electrons. The number of hydrogen-bond donors (Lipinski definition) is 3. The molecule has 0 spiro atoms. The highest BCUT2D eigenvalue weighted by atomic mass is 32.2. The van der Waals surface area contributed by atoms with Crippen LogP contribution in [0.5, 0.6) is 11.5 Å². The summed E-state index contributed by atoms with van der Waals surface area (Å²) in [5.74, 6) is -0.385. The molecule has 0 bridgehead atoms. The third kappa shape index (κ3) is 4.71. The van der Waals surface area contributed by atoms with E-state index in [1.54, 1.807) is 6.07 Å². The number of hydrazine groups is 1. The Labute approximate surface area is 150 Å². The van der Waals surface area contributed by atoms with E-state index in [0.717, 1.165) is 0 Å². The van der Waals surface area contributed by atoms with Crippen molar-refractivity contribution in [2.45, 2.75) is 4.90 Å². The summed E-state index contributed by atoms with van der Waals surface area (Å²) in [5.41, 5.74) is 4.84. The maximum atomic E-state index is 12.2. The van der Waals surface area contributed by atoms with Crippen molar-refractivity contribution >= 4 is 21.8 Å². The van der Waals surface area contributed by atoms with Crippen molar-refractivity contribution in [1.82, 2.24) is 10.9 Å². The van der Waals surface area contributed by atoms with Gasteiger partial charge in [-0.3, -0.25) is 20.4 Å². The van der Waals surface area contributed by atoms with Crippen molar-refractivity contribution < 1.29 is 27.5 Å². The lowest BCUT2D eigenvalue weighted by Gasteiger charge is -2.10. The van der Waals surface area contributed by atoms with Gasteiger partial charge in [-0.1, -0.05) is 0 Å². The van der Waals surface area contributed by atoms with Crippen LogP contribution in [0.1, 0.15) is 20.7 Å². The summed E-state index contributed by atoms with van der Waals surface area (Å²) in [6.07, 6.45) is 0. The van der Waals surface area contributed by atoms with E-state index in [1.165, 1.54) is 50.6 Å². The molecule has 0 saturated heterocycles. The Morgan fingerprint density at radius 2 is 1.31 bits per heavy atom. The molecule has 0 atom stereocenters. The van der Waals surface area contributed by atoms with Gasteiger partial charge in [-0.15, -0.1) is 0 Å². The van der Waals surface area contributed by atoms with E-state index in [2.05, 4.69) is 10.9 Å². The van der Waals surface area contributed by atoms with Crippen molar-refractivity contribution in [1.29, 1.82) is 0 Å². The van der Waals surface area contributed by atoms with Crippen LogP contribution in [0, 0.1) is 0 Å². The lowest BCUT2D eigenvalue weighted by atomic mass is 10.2. The number of primary sulfonamides is 1. The fraction of sp³-hybridized carbons (Fsp3) is 0.125. The van der Waals surface area contributed by atoms with Gasteiger partial charge in [-0.25, -0.2) is 13.6 Å². The Bertz CT molecular complexity index is 903. The molecule has 2 aromatic carbocycles. The molecule has 0 heterocycles. The molecule has 138 valence electrons. The van der Waals surface area contributed by atoms with Crippen LogP contribution < -0.4 is 25.5 Å². The standard InChI is InChI=1S/C16H17N3O6S/c1-24-12-7-11(8-13(9-12)25-2)16(21)19-18-15(20)10-3-5-14(6-4-10)26(17,22)23/h3-9H,1-2H3,(H,18,20)(H,19,21)(H2,17,22,23). The zero-order valence-corrected chi connectivity index (χ0v) is 14.8. The van der Waals surface area contributed by atoms with Crippen LogP contribution in [0.4, 0.5) is 0 Å². The Kier molecular flexibility index (Phi) is 5.80. The SMILES string of the molecule is COc1cc(OC)cc(C(=O)NNC(=O)c2ccc(S(N)(=O)=O)cc2)c1. The number of amides is 2. The monoisotopic (exact) mass is 379 g/mol. The number of hydrogen-bond acceptors (Lipinski definition) is 6. The van der Waals surface area contributed by atoms with Gasteiger partial charge < -0.3 is 9.47 Å². The van der Waals surface area contributed by atoms with Crippen LogP contribution >= 0.6 is 0 Å². The third-order valence-corrected chi connectivity index (χ3v) is 4.28. The van der Waals surface area contributed by atoms with Gasteiger partial charge in [0.1, 0.15) is 11.5 Å². The molecule has 0 fully saturated rings. The lowest BCUT2D eigenvalue weighted by Crippen LogP contribution is -2.41. The average molecular weight is 379 g/mol. The number of nitrogens with two attached hydrogens (primary N) is 1. The largest absolute Gasteiger partial charge is 0.497 e. The second kappa shape index (κ2) is 7.85. The van der Waals surface area contributed by atoms with Gasteiger partial charge in [0.05, 0.1) is 19.1 Å². The molecule has 0 aromatic heterocycles. The zero-order chi connectivity index (χ0) is 19.3. The molecule has 0 aliphatic heterocycles. The van der Waals surface area contributed by atoms with Gasteiger partial charge in [0.25, 0.3) is 11.8 Å². The first-order valence-corrected chi connectivity index (χ1v) is 8.76. The van der Waals surface area contributed by atoms with Crippen LogP contribution in [0.15, 0.2) is 47.4 Å². The Morgan fingerprint density at radius 3 is 1.73 bits per heavy atom. The summed E-state index contributed by atoms with van der Waals surface area (Å²) in [5, 5.41) is 4.99. The molecule has 2 rings (SSSR count). The second-order valence-corrected chi connectivity index (χ2v) is 6.64. The van der Waals surface area contributed by atoms with Crippen molar-refractivity contribution in [2.24, 2.45) is 5.14 Å². The van der Waals surface area contributed by atoms with Gasteiger partial charge in [-0.2, -0.15) is 0 Å². The number of methoxy groups -OCH3 is 2. The van der Waals surface area contributed by atoms with Crippen molar-refractivity contribution in [2.75, 3.05) is 14.2 Å². The minimum absolute atomic E-state index is 0.124. The number of nitrogens with one attached hydrogen (secondary N) is 2. The van der Waals surface area contributed by atoms with Crippen LogP contribution in [-0.4, -0.2) is 34.5 Å². The molecule has 26 heavy (non-hydrogen) atoms. The first kappa shape index (κ1) is 19.2. The van der Waals surface area contributed by atoms with E-state index in [9.17, 15) is 18.0 Å². The number of benzene rings is 2. The molecular weight excluding hydrogens is 362 g/mol. The number of ether oxygens (including phenoxy) is 2. The van der Waals surface area contributed by atoms with E-state index in [1.807, 2.05) is 0 Å². The van der Waals surface area contributed by atoms with E-state index < -0.39 is 21.8 Å². The number of rotatable bonds is 5. The maximum Gasteiger partial charge on any atom is 0.269 e. The van der Waals surface area contributed by atoms with Crippen molar-refractivity contribution in [3.8, 4) is 11.5 Å². The summed E-state index contributed by atoms with van der Waals surface area (Å²) in [6, 6.07) is 9.49. The average Bonchev–Trinajstić information content (AvgIpc) is 2.64. The minimum Gasteiger partial charge on any atom is -0.497 e. The first-order valence-electron chi connectivity index (χ1n) is 7.21. The smallest absolute Gasteiger partial charge is 0.269 e. The highest BCUT2D eigenvalue weighted by molar-refractivity contribution is 7.89. The molecule has 4 N–H and O–H groups in total. The van der Waals surface area contributed by atoms with E-state index in [4.69, 9.17) is 14.6 Å². The zero-order valence-electron chi connectivity index (χ0n) is 14.0. The minimum atomic E-state index is -3.85. The summed E-state index contributed by atoms with van der Waals surface area (Å²) < 4.78 is 32.5. The molecule has 0 aliphatic carbocycles. The Hall–Kier alpha value is -3.11. The summed E-state index contributed by atoms with van der Waals surface area (Å²) in [7, 11) is -0.950. The van der Waals surface area contributed by atoms with Crippen LogP contribution in [0.2, 0.25) is 0 Å². The third-order valence-electron chi connectivity index (χ3n) is 3.35. The number of carbonyl (C=O) groups is 2. The van der Waals surface area contributed by atoms with E-state index >= 15 is 0 Å². The highest BCUT2D eigenvalue weighted by Crippen LogP contribution is 2.22. The van der Waals surface area contributed by atoms with E-state index in [-0.39, 0.29) is 16.0 Å². The predicted molar refractivity (Wildman–Crippen MR) is 92.3 cm³/mol. The topological polar surface area (TPSA) is 137 Å². The molecule has 2 aromatic rings. The van der Waals surface area contributed by atoms with Crippen molar-refractivity contribution in [3.63, 3.8) is 0 Å². The second-order valence-electron chi connectivity index (χ2n) is 5.08. The Morgan fingerprint density at radius 1 is 0.846 bits per heavy atom. The van der Waals surface area contributed by atoms with Gasteiger partial charge in [0.15, 0.2) is 0 Å². The van der Waals surface area contributed by atoms with Gasteiger partial charge >= 0.3 is 0 Å². The fourth-order valence-electron chi connectivity index (χ4n) is 1.99. The normalized spacial score (nSPS) is 10.7. The summed E-state index contributed by atoms with van der Waals surface area (Å²) in [6.45, 7) is 0. The molecule has 0 unspecified atom stereocenters. The van der Waals surface area contributed by atoms with Gasteiger partial charge in [0, 0.05) is 17.2 Å². The number of carbonyl (C=O) groups excluding carboxylic acids is 2. The predicted octanol–water partition coefficient (Wildman–Crippen LogP) is 0.426. The van der Waals surface area contributed by atoms with Crippen LogP contribution in [-0.2, 0) is 10.0 Å². The molecule has 10 heteroatoms. The highest BCUT2D eigenvalue weighted by Gasteiger charge is 2.13. The van der Waals surface area contributed by atoms with Crippen molar-refractivity contribution in [3.05, 3.63) is 53.6 Å². The molecule has 9 nitrogen and oxygen atoms in total. The summed E-state index contributed by atoms with van der Waals surface area (Å²) >= 11 is 0. The van der Waals surface area contributed by atoms with E-state index in [0.29, 0.717) is 11.5 Å². The van der Waals surface area contributed by atoms with Crippen LogP contribution in [0.3, 0.4) is 0 Å². The molecule has 0 aliphatic rings. The number of sulfonamides is 1. The quantitative estimate of drug-likeness (QED) is 0.644. The molecule has 0 saturated carbocycles. The Balaban J connectivity index is 2.06. The van der Waals surface area contributed by atoms with Crippen LogP contribution in [0.25, 0.3) is 0 Å². The molecular formula is C16H17N3O6S. The maximum absolute atomic E-state index is 12.2.